The quantitative estimate of drug-likeness (QED) is 0.178. The third kappa shape index (κ3) is 6.50. The Balaban J connectivity index is 1.05. The van der Waals surface area contributed by atoms with E-state index in [1.54, 1.807) is 0 Å². The van der Waals surface area contributed by atoms with Crippen LogP contribution < -0.4 is 0 Å². The Hall–Kier alpha value is -7.23. The van der Waals surface area contributed by atoms with Crippen LogP contribution in [0.15, 0.2) is 200 Å². The van der Waals surface area contributed by atoms with Crippen molar-refractivity contribution >= 4 is 0 Å². The van der Waals surface area contributed by atoms with Crippen molar-refractivity contribution in [2.24, 2.45) is 0 Å². The monoisotopic (exact) mass is 715 g/mol. The number of hydrogen-bond acceptors (Lipinski definition) is 3. The molecule has 10 rings (SSSR count). The van der Waals surface area contributed by atoms with Gasteiger partial charge in [0.1, 0.15) is 0 Å². The van der Waals surface area contributed by atoms with Crippen LogP contribution in [0.1, 0.15) is 22.3 Å². The molecule has 0 spiro atoms. The van der Waals surface area contributed by atoms with Gasteiger partial charge in [-0.3, -0.25) is 0 Å². The lowest BCUT2D eigenvalue weighted by atomic mass is 9.83. The van der Waals surface area contributed by atoms with Crippen LogP contribution in [-0.2, 0) is 12.8 Å². The highest BCUT2D eigenvalue weighted by atomic mass is 15.0. The molecule has 0 fully saturated rings. The van der Waals surface area contributed by atoms with E-state index in [0.29, 0.717) is 17.5 Å². The van der Waals surface area contributed by atoms with E-state index in [1.807, 2.05) is 60.7 Å². The Morgan fingerprint density at radius 3 is 1.07 bits per heavy atom. The van der Waals surface area contributed by atoms with Crippen LogP contribution >= 0.6 is 0 Å². The smallest absolute Gasteiger partial charge is 0.164 e. The van der Waals surface area contributed by atoms with Crippen molar-refractivity contribution < 1.29 is 0 Å². The lowest BCUT2D eigenvalue weighted by molar-refractivity contribution is 1.07. The Morgan fingerprint density at radius 2 is 0.571 bits per heavy atom. The molecular weight excluding hydrogens is 679 g/mol. The molecule has 0 aliphatic heterocycles. The zero-order valence-electron chi connectivity index (χ0n) is 30.8. The van der Waals surface area contributed by atoms with Gasteiger partial charge in [0.05, 0.1) is 0 Å². The summed E-state index contributed by atoms with van der Waals surface area (Å²) in [5.74, 6) is 1.95. The molecule has 0 atom stereocenters. The van der Waals surface area contributed by atoms with Crippen LogP contribution in [0.25, 0.3) is 78.7 Å². The molecule has 0 unspecified atom stereocenters. The maximum Gasteiger partial charge on any atom is 0.164 e. The van der Waals surface area contributed by atoms with Crippen LogP contribution in [0.5, 0.6) is 0 Å². The van der Waals surface area contributed by atoms with Gasteiger partial charge in [-0.1, -0.05) is 188 Å². The normalized spacial score (nSPS) is 11.8. The van der Waals surface area contributed by atoms with Gasteiger partial charge in [0, 0.05) is 16.7 Å². The molecule has 0 saturated heterocycles. The minimum Gasteiger partial charge on any atom is -0.208 e. The molecular formula is C53H37N3. The summed E-state index contributed by atoms with van der Waals surface area (Å²) in [5.41, 5.74) is 18.1. The first-order chi connectivity index (χ1) is 27.7. The topological polar surface area (TPSA) is 38.7 Å². The molecule has 8 aromatic carbocycles. The van der Waals surface area contributed by atoms with Gasteiger partial charge in [-0.15, -0.1) is 0 Å². The van der Waals surface area contributed by atoms with Crippen LogP contribution in [0.4, 0.5) is 0 Å². The molecule has 1 heterocycles. The molecule has 1 aliphatic rings. The zero-order chi connectivity index (χ0) is 37.3. The van der Waals surface area contributed by atoms with Crippen molar-refractivity contribution in [2.75, 3.05) is 0 Å². The maximum absolute atomic E-state index is 4.99. The lowest BCUT2D eigenvalue weighted by Gasteiger charge is -2.21. The van der Waals surface area contributed by atoms with E-state index in [1.165, 1.54) is 55.6 Å². The first kappa shape index (κ1) is 33.3. The summed E-state index contributed by atoms with van der Waals surface area (Å²) in [6, 6.07) is 71.4. The van der Waals surface area contributed by atoms with E-state index in [9.17, 15) is 0 Å². The summed E-state index contributed by atoms with van der Waals surface area (Å²) in [6.07, 6.45) is 1.72. The van der Waals surface area contributed by atoms with Crippen LogP contribution in [0.3, 0.4) is 0 Å². The van der Waals surface area contributed by atoms with Gasteiger partial charge < -0.3 is 0 Å². The molecule has 264 valence electrons. The molecule has 1 aliphatic carbocycles. The average molecular weight is 716 g/mol. The Kier molecular flexibility index (Phi) is 8.66. The van der Waals surface area contributed by atoms with Gasteiger partial charge in [0.25, 0.3) is 0 Å². The van der Waals surface area contributed by atoms with Gasteiger partial charge in [0.2, 0.25) is 0 Å². The fraction of sp³-hybridized carbons (Fsp3) is 0.0377. The SMILES string of the molecule is c1ccc(-c2nc(-c3ccccc3)nc(-c3cccc(-c4cccc(-c5ccc6c(c5)Cc5ccccc5-c5ccccc5Cc5ccccc5-6)c4)c3)n2)cc1. The average Bonchev–Trinajstić information content (AvgIpc) is 3.27. The fourth-order valence-electron chi connectivity index (χ4n) is 8.06. The summed E-state index contributed by atoms with van der Waals surface area (Å²) in [4.78, 5) is 14.9. The van der Waals surface area contributed by atoms with Crippen molar-refractivity contribution in [2.45, 2.75) is 12.8 Å². The largest absolute Gasteiger partial charge is 0.208 e. The predicted molar refractivity (Wildman–Crippen MR) is 230 cm³/mol. The van der Waals surface area contributed by atoms with Crippen molar-refractivity contribution in [1.82, 2.24) is 15.0 Å². The standard InChI is InChI=1S/C53H37N3/c1-3-15-36(16-4-1)51-54-52(37-17-5-2-6-18-37)56-53(55-51)45-25-14-24-40(32-45)38-22-13-23-39(31-38)41-29-30-50-46(33-41)35-44-21-9-11-27-48(44)47-26-10-7-19-42(47)34-43-20-8-12-28-49(43)50/h1-33H,34-35H2. The van der Waals surface area contributed by atoms with E-state index >= 15 is 0 Å². The highest BCUT2D eigenvalue weighted by Gasteiger charge is 2.19. The van der Waals surface area contributed by atoms with Gasteiger partial charge in [0.15, 0.2) is 17.5 Å². The third-order valence-corrected chi connectivity index (χ3v) is 10.8. The second-order valence-electron chi connectivity index (χ2n) is 14.4. The minimum absolute atomic E-state index is 0.646. The predicted octanol–water partition coefficient (Wildman–Crippen LogP) is 13.0. The summed E-state index contributed by atoms with van der Waals surface area (Å²) >= 11 is 0. The molecule has 0 saturated carbocycles. The maximum atomic E-state index is 4.99. The second kappa shape index (κ2) is 14.5. The van der Waals surface area contributed by atoms with Crippen molar-refractivity contribution in [1.29, 1.82) is 0 Å². The van der Waals surface area contributed by atoms with E-state index in [-0.39, 0.29) is 0 Å². The number of rotatable bonds is 5. The molecule has 1 aromatic heterocycles. The molecule has 0 N–H and O–H groups in total. The molecule has 9 aromatic rings. The summed E-state index contributed by atoms with van der Waals surface area (Å²) in [6.45, 7) is 0. The van der Waals surface area contributed by atoms with E-state index in [4.69, 9.17) is 15.0 Å². The minimum atomic E-state index is 0.646. The van der Waals surface area contributed by atoms with Gasteiger partial charge in [-0.05, 0) is 91.7 Å². The molecule has 3 heteroatoms. The first-order valence-electron chi connectivity index (χ1n) is 19.2. The summed E-state index contributed by atoms with van der Waals surface area (Å²) in [7, 11) is 0. The van der Waals surface area contributed by atoms with Crippen molar-refractivity contribution in [3.8, 4) is 78.7 Å². The Morgan fingerprint density at radius 1 is 0.232 bits per heavy atom. The molecule has 3 nitrogen and oxygen atoms in total. The van der Waals surface area contributed by atoms with Crippen LogP contribution in [0.2, 0.25) is 0 Å². The molecule has 0 bridgehead atoms. The number of fused-ring (bicyclic) bond motifs is 6. The Labute approximate surface area is 327 Å². The highest BCUT2D eigenvalue weighted by Crippen LogP contribution is 2.39. The van der Waals surface area contributed by atoms with Crippen LogP contribution in [-0.4, -0.2) is 15.0 Å². The van der Waals surface area contributed by atoms with Crippen molar-refractivity contribution in [3.05, 3.63) is 222 Å². The molecule has 0 radical (unpaired) electrons. The number of aromatic nitrogens is 3. The first-order valence-corrected chi connectivity index (χ1v) is 19.2. The summed E-state index contributed by atoms with van der Waals surface area (Å²) < 4.78 is 0. The Bertz CT molecular complexity index is 2800. The van der Waals surface area contributed by atoms with Crippen LogP contribution in [0, 0.1) is 0 Å². The van der Waals surface area contributed by atoms with Gasteiger partial charge in [-0.25, -0.2) is 15.0 Å². The van der Waals surface area contributed by atoms with Gasteiger partial charge in [-0.2, -0.15) is 0 Å². The lowest BCUT2D eigenvalue weighted by Crippen LogP contribution is -2.02. The van der Waals surface area contributed by atoms with E-state index < -0.39 is 0 Å². The van der Waals surface area contributed by atoms with E-state index in [0.717, 1.165) is 40.7 Å². The third-order valence-electron chi connectivity index (χ3n) is 10.8. The van der Waals surface area contributed by atoms with Crippen molar-refractivity contribution in [3.63, 3.8) is 0 Å². The highest BCUT2D eigenvalue weighted by molar-refractivity contribution is 5.82. The summed E-state index contributed by atoms with van der Waals surface area (Å²) in [5, 5.41) is 0. The zero-order valence-corrected chi connectivity index (χ0v) is 30.8. The van der Waals surface area contributed by atoms with Gasteiger partial charge >= 0.3 is 0 Å². The number of nitrogens with zero attached hydrogens (tertiary/aromatic N) is 3. The fourth-order valence-corrected chi connectivity index (χ4v) is 8.06. The second-order valence-corrected chi connectivity index (χ2v) is 14.4. The number of benzene rings is 8. The molecule has 56 heavy (non-hydrogen) atoms. The van der Waals surface area contributed by atoms with E-state index in [2.05, 4.69) is 140 Å². The molecule has 0 amide bonds. The number of hydrogen-bond donors (Lipinski definition) is 0.